The minimum absolute atomic E-state index is 0.0979. The van der Waals surface area contributed by atoms with E-state index in [-0.39, 0.29) is 6.10 Å². The van der Waals surface area contributed by atoms with E-state index in [9.17, 15) is 0 Å². The molecule has 19 heavy (non-hydrogen) atoms. The quantitative estimate of drug-likeness (QED) is 0.809. The van der Waals surface area contributed by atoms with Gasteiger partial charge in [-0.25, -0.2) is 0 Å². The molecule has 2 aromatic rings. The molecular weight excluding hydrogens is 242 g/mol. The molecule has 1 aromatic carbocycles. The molecule has 102 valence electrons. The molecule has 0 bridgehead atoms. The lowest BCUT2D eigenvalue weighted by Gasteiger charge is -2.06. The Morgan fingerprint density at radius 3 is 2.79 bits per heavy atom. The fraction of sp³-hybridized carbons (Fsp3) is 0.429. The van der Waals surface area contributed by atoms with E-state index in [1.807, 2.05) is 31.2 Å². The monoisotopic (exact) mass is 261 g/mol. The fourth-order valence-electron chi connectivity index (χ4n) is 1.96. The van der Waals surface area contributed by atoms with Crippen molar-refractivity contribution in [1.29, 1.82) is 0 Å². The van der Waals surface area contributed by atoms with Crippen LogP contribution < -0.4 is 5.73 Å². The van der Waals surface area contributed by atoms with E-state index in [4.69, 9.17) is 15.0 Å². The van der Waals surface area contributed by atoms with Crippen molar-refractivity contribution >= 4 is 5.69 Å². The molecule has 0 aliphatic heterocycles. The predicted molar refractivity (Wildman–Crippen MR) is 72.6 cm³/mol. The first-order valence-electron chi connectivity index (χ1n) is 6.43. The van der Waals surface area contributed by atoms with E-state index in [0.717, 1.165) is 24.1 Å². The predicted octanol–water partition coefficient (Wildman–Crippen LogP) is 2.53. The van der Waals surface area contributed by atoms with Gasteiger partial charge in [-0.05, 0) is 24.5 Å². The molecule has 0 saturated heterocycles. The molecule has 5 heteroatoms. The maximum Gasteiger partial charge on any atom is 0.227 e. The Hall–Kier alpha value is -1.88. The Labute approximate surface area is 112 Å². The van der Waals surface area contributed by atoms with E-state index < -0.39 is 0 Å². The zero-order valence-electron chi connectivity index (χ0n) is 11.3. The summed E-state index contributed by atoms with van der Waals surface area (Å²) in [5.41, 5.74) is 7.79. The van der Waals surface area contributed by atoms with Gasteiger partial charge >= 0.3 is 0 Å². The first kappa shape index (κ1) is 13.5. The van der Waals surface area contributed by atoms with Gasteiger partial charge in [0.25, 0.3) is 0 Å². The normalized spacial score (nSPS) is 12.5. The van der Waals surface area contributed by atoms with Gasteiger partial charge in [0.05, 0.1) is 0 Å². The van der Waals surface area contributed by atoms with E-state index in [1.54, 1.807) is 7.11 Å². The highest BCUT2D eigenvalue weighted by Crippen LogP contribution is 2.18. The van der Waals surface area contributed by atoms with Crippen molar-refractivity contribution in [2.75, 3.05) is 12.8 Å². The maximum atomic E-state index is 5.89. The second kappa shape index (κ2) is 6.33. The van der Waals surface area contributed by atoms with E-state index >= 15 is 0 Å². The number of aryl methyl sites for hydroxylation is 2. The average molecular weight is 261 g/mol. The lowest BCUT2D eigenvalue weighted by Crippen LogP contribution is -2.02. The SMILES string of the molecule is CCC(OC)c1noc(CCc2ccccc2N)n1. The van der Waals surface area contributed by atoms with E-state index in [0.29, 0.717) is 18.1 Å². The first-order valence-corrected chi connectivity index (χ1v) is 6.43. The molecule has 1 aromatic heterocycles. The summed E-state index contributed by atoms with van der Waals surface area (Å²) in [5.74, 6) is 1.23. The molecular formula is C14H19N3O2. The van der Waals surface area contributed by atoms with Crippen molar-refractivity contribution in [3.8, 4) is 0 Å². The van der Waals surface area contributed by atoms with Crippen molar-refractivity contribution < 1.29 is 9.26 Å². The number of hydrogen-bond donors (Lipinski definition) is 1. The lowest BCUT2D eigenvalue weighted by atomic mass is 10.1. The number of nitrogen functional groups attached to an aromatic ring is 1. The zero-order chi connectivity index (χ0) is 13.7. The van der Waals surface area contributed by atoms with Gasteiger partial charge in [-0.2, -0.15) is 4.98 Å². The molecule has 1 unspecified atom stereocenters. The summed E-state index contributed by atoms with van der Waals surface area (Å²) >= 11 is 0. The van der Waals surface area contributed by atoms with Crippen LogP contribution in [0.5, 0.6) is 0 Å². The molecule has 0 aliphatic carbocycles. The minimum atomic E-state index is -0.0979. The van der Waals surface area contributed by atoms with Crippen LogP contribution in [0.3, 0.4) is 0 Å². The van der Waals surface area contributed by atoms with Crippen LogP contribution in [0.1, 0.15) is 36.7 Å². The summed E-state index contributed by atoms with van der Waals surface area (Å²) in [6.07, 6.45) is 2.19. The number of methoxy groups -OCH3 is 1. The number of para-hydroxylation sites is 1. The summed E-state index contributed by atoms with van der Waals surface area (Å²) in [4.78, 5) is 4.35. The van der Waals surface area contributed by atoms with Crippen LogP contribution in [0.4, 0.5) is 5.69 Å². The number of anilines is 1. The van der Waals surface area contributed by atoms with Crippen LogP contribution in [0, 0.1) is 0 Å². The minimum Gasteiger partial charge on any atom is -0.399 e. The van der Waals surface area contributed by atoms with Gasteiger partial charge in [0.15, 0.2) is 0 Å². The summed E-state index contributed by atoms with van der Waals surface area (Å²) < 4.78 is 10.5. The summed E-state index contributed by atoms with van der Waals surface area (Å²) in [6.45, 7) is 2.02. The number of aromatic nitrogens is 2. The number of nitrogens with zero attached hydrogens (tertiary/aromatic N) is 2. The number of ether oxygens (including phenoxy) is 1. The van der Waals surface area contributed by atoms with Gasteiger partial charge in [-0.3, -0.25) is 0 Å². The number of hydrogen-bond acceptors (Lipinski definition) is 5. The molecule has 0 aliphatic rings. The molecule has 5 nitrogen and oxygen atoms in total. The molecule has 0 amide bonds. The standard InChI is InChI=1S/C14H19N3O2/c1-3-12(18-2)14-16-13(19-17-14)9-8-10-6-4-5-7-11(10)15/h4-7,12H,3,8-9,15H2,1-2H3. The second-order valence-corrected chi connectivity index (χ2v) is 4.38. The number of nitrogens with two attached hydrogens (primary N) is 1. The third-order valence-electron chi connectivity index (χ3n) is 3.09. The average Bonchev–Trinajstić information content (AvgIpc) is 2.88. The van der Waals surface area contributed by atoms with Crippen LogP contribution in [-0.2, 0) is 17.6 Å². The van der Waals surface area contributed by atoms with Crippen LogP contribution in [-0.4, -0.2) is 17.3 Å². The van der Waals surface area contributed by atoms with Gasteiger partial charge in [0.2, 0.25) is 11.7 Å². The number of benzene rings is 1. The molecule has 0 spiro atoms. The molecule has 0 saturated carbocycles. The molecule has 0 radical (unpaired) electrons. The van der Waals surface area contributed by atoms with Crippen LogP contribution in [0.2, 0.25) is 0 Å². The maximum absolute atomic E-state index is 5.89. The molecule has 1 atom stereocenters. The lowest BCUT2D eigenvalue weighted by molar-refractivity contribution is 0.0903. The topological polar surface area (TPSA) is 74.2 Å². The highest BCUT2D eigenvalue weighted by Gasteiger charge is 2.15. The van der Waals surface area contributed by atoms with Crippen LogP contribution >= 0.6 is 0 Å². The van der Waals surface area contributed by atoms with Crippen molar-refractivity contribution in [3.05, 3.63) is 41.5 Å². The Bertz CT molecular complexity index is 521. The molecule has 1 heterocycles. The fourth-order valence-corrected chi connectivity index (χ4v) is 1.96. The van der Waals surface area contributed by atoms with Gasteiger partial charge in [-0.1, -0.05) is 30.3 Å². The summed E-state index contributed by atoms with van der Waals surface area (Å²) in [6, 6.07) is 7.81. The Balaban J connectivity index is 1.99. The Kier molecular flexibility index (Phi) is 4.52. The van der Waals surface area contributed by atoms with Crippen LogP contribution in [0.15, 0.2) is 28.8 Å². The zero-order valence-corrected chi connectivity index (χ0v) is 11.3. The second-order valence-electron chi connectivity index (χ2n) is 4.38. The molecule has 0 fully saturated rings. The van der Waals surface area contributed by atoms with Gasteiger partial charge in [0, 0.05) is 19.2 Å². The van der Waals surface area contributed by atoms with Crippen molar-refractivity contribution in [2.45, 2.75) is 32.3 Å². The molecule has 2 rings (SSSR count). The highest BCUT2D eigenvalue weighted by atomic mass is 16.5. The first-order chi connectivity index (χ1) is 9.24. The smallest absolute Gasteiger partial charge is 0.227 e. The van der Waals surface area contributed by atoms with Gasteiger partial charge in [-0.15, -0.1) is 0 Å². The van der Waals surface area contributed by atoms with Gasteiger partial charge < -0.3 is 15.0 Å². The Morgan fingerprint density at radius 1 is 1.32 bits per heavy atom. The third-order valence-corrected chi connectivity index (χ3v) is 3.09. The number of rotatable bonds is 6. The van der Waals surface area contributed by atoms with Gasteiger partial charge in [0.1, 0.15) is 6.10 Å². The van der Waals surface area contributed by atoms with Crippen LogP contribution in [0.25, 0.3) is 0 Å². The summed E-state index contributed by atoms with van der Waals surface area (Å²) in [5, 5.41) is 3.95. The van der Waals surface area contributed by atoms with E-state index in [1.165, 1.54) is 0 Å². The molecule has 2 N–H and O–H groups in total. The highest BCUT2D eigenvalue weighted by molar-refractivity contribution is 5.46. The van der Waals surface area contributed by atoms with Crippen molar-refractivity contribution in [1.82, 2.24) is 10.1 Å². The third kappa shape index (κ3) is 3.32. The van der Waals surface area contributed by atoms with Crippen molar-refractivity contribution in [3.63, 3.8) is 0 Å². The van der Waals surface area contributed by atoms with Crippen molar-refractivity contribution in [2.24, 2.45) is 0 Å². The Morgan fingerprint density at radius 2 is 2.11 bits per heavy atom. The largest absolute Gasteiger partial charge is 0.399 e. The van der Waals surface area contributed by atoms with E-state index in [2.05, 4.69) is 10.1 Å². The summed E-state index contributed by atoms with van der Waals surface area (Å²) in [7, 11) is 1.65.